The summed E-state index contributed by atoms with van der Waals surface area (Å²) in [5.41, 5.74) is 0. The second-order valence-electron chi connectivity index (χ2n) is 4.22. The van der Waals surface area contributed by atoms with Gasteiger partial charge in [0.25, 0.3) is 0 Å². The summed E-state index contributed by atoms with van der Waals surface area (Å²) in [6.07, 6.45) is 2.71. The van der Waals surface area contributed by atoms with Crippen LogP contribution in [0.3, 0.4) is 0 Å². The smallest absolute Gasteiger partial charge is 0.191 e. The molecule has 0 aliphatic carbocycles. The van der Waals surface area contributed by atoms with E-state index in [4.69, 9.17) is 4.74 Å². The van der Waals surface area contributed by atoms with E-state index in [0.717, 1.165) is 38.7 Å². The molecule has 0 saturated heterocycles. The van der Waals surface area contributed by atoms with Gasteiger partial charge in [-0.2, -0.15) is 0 Å². The van der Waals surface area contributed by atoms with Gasteiger partial charge in [-0.1, -0.05) is 0 Å². The van der Waals surface area contributed by atoms with E-state index in [-0.39, 0.29) is 29.7 Å². The molecule has 20 heavy (non-hydrogen) atoms. The molecule has 0 spiro atoms. The average molecular weight is 421 g/mol. The fourth-order valence-corrected chi connectivity index (χ4v) is 2.04. The molecule has 0 atom stereocenters. The number of halogens is 1. The molecule has 0 bridgehead atoms. The van der Waals surface area contributed by atoms with Crippen LogP contribution in [0.2, 0.25) is 0 Å². The number of sulfone groups is 1. The molecule has 0 aromatic heterocycles. The fraction of sp³-hybridized carbons (Fsp3) is 0.917. The molecule has 0 aliphatic heterocycles. The van der Waals surface area contributed by atoms with Crippen LogP contribution in [0.5, 0.6) is 0 Å². The molecule has 2 N–H and O–H groups in total. The molecule has 0 heterocycles. The van der Waals surface area contributed by atoms with Gasteiger partial charge in [0.15, 0.2) is 5.96 Å². The Kier molecular flexibility index (Phi) is 15.4. The second kappa shape index (κ2) is 13.9. The molecule has 0 aromatic carbocycles. The number of nitrogens with one attached hydrogen (secondary N) is 2. The highest BCUT2D eigenvalue weighted by Gasteiger charge is 2.01. The van der Waals surface area contributed by atoms with Crippen LogP contribution in [0.4, 0.5) is 0 Å². The van der Waals surface area contributed by atoms with Crippen LogP contribution < -0.4 is 10.6 Å². The van der Waals surface area contributed by atoms with Gasteiger partial charge in [0.2, 0.25) is 0 Å². The Balaban J connectivity index is 0. The zero-order valence-corrected chi connectivity index (χ0v) is 15.8. The van der Waals surface area contributed by atoms with Crippen molar-refractivity contribution in [2.75, 3.05) is 44.9 Å². The molecule has 0 aromatic rings. The highest BCUT2D eigenvalue weighted by molar-refractivity contribution is 14.0. The first kappa shape index (κ1) is 22.2. The highest BCUT2D eigenvalue weighted by Crippen LogP contribution is 1.90. The molecule has 0 amide bonds. The van der Waals surface area contributed by atoms with E-state index < -0.39 is 9.84 Å². The lowest BCUT2D eigenvalue weighted by molar-refractivity contribution is 0.145. The molecule has 8 heteroatoms. The number of ether oxygens (including phenoxy) is 1. The predicted molar refractivity (Wildman–Crippen MR) is 94.8 cm³/mol. The number of aliphatic imine (C=N–C) groups is 1. The number of rotatable bonds is 10. The Morgan fingerprint density at radius 3 is 2.45 bits per heavy atom. The van der Waals surface area contributed by atoms with Gasteiger partial charge in [0.1, 0.15) is 9.84 Å². The number of guanidine groups is 1. The van der Waals surface area contributed by atoms with Crippen molar-refractivity contribution in [2.45, 2.75) is 26.7 Å². The summed E-state index contributed by atoms with van der Waals surface area (Å²) >= 11 is 0. The summed E-state index contributed by atoms with van der Waals surface area (Å²) in [5, 5.41) is 6.31. The predicted octanol–water partition coefficient (Wildman–Crippen LogP) is 1.02. The zero-order chi connectivity index (χ0) is 14.6. The van der Waals surface area contributed by atoms with Gasteiger partial charge >= 0.3 is 0 Å². The molecule has 0 rings (SSSR count). The summed E-state index contributed by atoms with van der Waals surface area (Å²) in [4.78, 5) is 4.32. The molecule has 0 fully saturated rings. The highest BCUT2D eigenvalue weighted by atomic mass is 127. The quantitative estimate of drug-likeness (QED) is 0.238. The molecule has 6 nitrogen and oxygen atoms in total. The van der Waals surface area contributed by atoms with Gasteiger partial charge in [-0.25, -0.2) is 8.42 Å². The Bertz CT molecular complexity index is 348. The van der Waals surface area contributed by atoms with Crippen LogP contribution in [0.25, 0.3) is 0 Å². The molecule has 0 saturated carbocycles. The molecule has 122 valence electrons. The number of hydrogen-bond acceptors (Lipinski definition) is 4. The van der Waals surface area contributed by atoms with Gasteiger partial charge in [-0.3, -0.25) is 4.99 Å². The fourth-order valence-electron chi connectivity index (χ4n) is 1.38. The Morgan fingerprint density at radius 1 is 1.20 bits per heavy atom. The molecule has 0 aliphatic rings. The van der Waals surface area contributed by atoms with E-state index >= 15 is 0 Å². The van der Waals surface area contributed by atoms with Gasteiger partial charge in [-0.15, -0.1) is 24.0 Å². The minimum absolute atomic E-state index is 0. The first-order chi connectivity index (χ1) is 8.99. The van der Waals surface area contributed by atoms with Crippen molar-refractivity contribution in [3.63, 3.8) is 0 Å². The van der Waals surface area contributed by atoms with Crippen molar-refractivity contribution in [3.05, 3.63) is 0 Å². The molecular weight excluding hydrogens is 393 g/mol. The molecule has 0 radical (unpaired) electrons. The van der Waals surface area contributed by atoms with Crippen molar-refractivity contribution < 1.29 is 13.2 Å². The zero-order valence-electron chi connectivity index (χ0n) is 12.6. The normalized spacial score (nSPS) is 11.8. The topological polar surface area (TPSA) is 79.8 Å². The van der Waals surface area contributed by atoms with Gasteiger partial charge in [0.05, 0.1) is 5.75 Å². The summed E-state index contributed by atoms with van der Waals surface area (Å²) in [5.74, 6) is 0.910. The first-order valence-electron chi connectivity index (χ1n) is 6.77. The van der Waals surface area contributed by atoms with Gasteiger partial charge in [0, 0.05) is 39.1 Å². The maximum absolute atomic E-state index is 11.0. The summed E-state index contributed by atoms with van der Waals surface area (Å²) < 4.78 is 27.2. The van der Waals surface area contributed by atoms with E-state index in [1.54, 1.807) is 0 Å². The number of hydrogen-bond donors (Lipinski definition) is 2. The lowest BCUT2D eigenvalue weighted by Crippen LogP contribution is -2.38. The number of nitrogens with zero attached hydrogens (tertiary/aromatic N) is 1. The van der Waals surface area contributed by atoms with E-state index in [1.165, 1.54) is 6.26 Å². The van der Waals surface area contributed by atoms with Crippen LogP contribution in [-0.2, 0) is 14.6 Å². The second-order valence-corrected chi connectivity index (χ2v) is 6.48. The van der Waals surface area contributed by atoms with E-state index in [0.29, 0.717) is 13.0 Å². The standard InChI is InChI=1S/C12H27N3O3S.HI/c1-4-13-12(14-8-6-10-18-5-2)15-9-7-11-19(3,16)17;/h4-11H2,1-3H3,(H2,13,14,15);1H. The average Bonchev–Trinajstić information content (AvgIpc) is 2.33. The monoisotopic (exact) mass is 421 g/mol. The Hall–Kier alpha value is -0.0900. The molecule has 0 unspecified atom stereocenters. The molecular formula is C12H28IN3O3S. The maximum Gasteiger partial charge on any atom is 0.191 e. The Labute approximate surface area is 140 Å². The van der Waals surface area contributed by atoms with Crippen molar-refractivity contribution in [2.24, 2.45) is 4.99 Å². The van der Waals surface area contributed by atoms with E-state index in [9.17, 15) is 8.42 Å². The van der Waals surface area contributed by atoms with Crippen LogP contribution in [0, 0.1) is 0 Å². The van der Waals surface area contributed by atoms with Crippen LogP contribution in [-0.4, -0.2) is 59.2 Å². The van der Waals surface area contributed by atoms with E-state index in [2.05, 4.69) is 15.6 Å². The third kappa shape index (κ3) is 16.0. The van der Waals surface area contributed by atoms with Crippen molar-refractivity contribution in [1.29, 1.82) is 0 Å². The first-order valence-corrected chi connectivity index (χ1v) is 8.83. The summed E-state index contributed by atoms with van der Waals surface area (Å²) in [7, 11) is -2.89. The Morgan fingerprint density at radius 2 is 1.90 bits per heavy atom. The lowest BCUT2D eigenvalue weighted by Gasteiger charge is -2.11. The van der Waals surface area contributed by atoms with Gasteiger partial charge < -0.3 is 15.4 Å². The van der Waals surface area contributed by atoms with Crippen molar-refractivity contribution in [1.82, 2.24) is 10.6 Å². The van der Waals surface area contributed by atoms with Crippen LogP contribution in [0.15, 0.2) is 4.99 Å². The summed E-state index contributed by atoms with van der Waals surface area (Å²) in [6.45, 7) is 7.51. The van der Waals surface area contributed by atoms with Crippen LogP contribution in [0.1, 0.15) is 26.7 Å². The largest absolute Gasteiger partial charge is 0.382 e. The van der Waals surface area contributed by atoms with E-state index in [1.807, 2.05) is 13.8 Å². The van der Waals surface area contributed by atoms with Crippen LogP contribution >= 0.6 is 24.0 Å². The maximum atomic E-state index is 11.0. The minimum atomic E-state index is -2.89. The lowest BCUT2D eigenvalue weighted by atomic mass is 10.4. The van der Waals surface area contributed by atoms with Gasteiger partial charge in [-0.05, 0) is 26.7 Å². The third-order valence-electron chi connectivity index (χ3n) is 2.25. The van der Waals surface area contributed by atoms with Crippen molar-refractivity contribution in [3.8, 4) is 0 Å². The SMILES string of the molecule is CCNC(=NCCCS(C)(=O)=O)NCCCOCC.I. The summed E-state index contributed by atoms with van der Waals surface area (Å²) in [6, 6.07) is 0. The third-order valence-corrected chi connectivity index (χ3v) is 3.28. The minimum Gasteiger partial charge on any atom is -0.382 e. The van der Waals surface area contributed by atoms with Crippen molar-refractivity contribution >= 4 is 39.8 Å².